The predicted molar refractivity (Wildman–Crippen MR) is 44.2 cm³/mol. The van der Waals surface area contributed by atoms with Crippen molar-refractivity contribution in [2.75, 3.05) is 19.8 Å². The highest BCUT2D eigenvalue weighted by Crippen LogP contribution is 2.44. The zero-order valence-electron chi connectivity index (χ0n) is 7.29. The Kier molecular flexibility index (Phi) is 3.26. The van der Waals surface area contributed by atoms with Crippen LogP contribution in [0.15, 0.2) is 0 Å². The Balaban J connectivity index is 2.11. The van der Waals surface area contributed by atoms with Gasteiger partial charge in [0.15, 0.2) is 0 Å². The van der Waals surface area contributed by atoms with Crippen molar-refractivity contribution in [2.24, 2.45) is 5.41 Å². The Morgan fingerprint density at radius 2 is 1.82 bits per heavy atom. The Hall–Kier alpha value is 0.310. The molecule has 0 radical (unpaired) electrons. The number of hydrogen-bond donors (Lipinski definition) is 0. The average Bonchev–Trinajstić information content (AvgIpc) is 2.32. The maximum absolute atomic E-state index is 5.39. The molecule has 4 heteroatoms. The summed E-state index contributed by atoms with van der Waals surface area (Å²) in [5, 5.41) is 0. The van der Waals surface area contributed by atoms with Crippen LogP contribution in [0.2, 0.25) is 0 Å². The normalized spacial score (nSPS) is 21.0. The summed E-state index contributed by atoms with van der Waals surface area (Å²) in [5.74, 6) is 0. The molecule has 1 rings (SSSR count). The van der Waals surface area contributed by atoms with E-state index < -0.39 is 8.60 Å². The van der Waals surface area contributed by atoms with E-state index in [1.165, 1.54) is 0 Å². The van der Waals surface area contributed by atoms with E-state index in [1.807, 2.05) is 0 Å². The zero-order chi connectivity index (χ0) is 8.32. The standard InChI is InChI=1S/C7H15O3P/c1-7(2,3)6-10-11-8-4-5-9-11/h4-6H2,1-3H3. The maximum Gasteiger partial charge on any atom is 0.332 e. The first-order chi connectivity index (χ1) is 5.08. The smallest absolute Gasteiger partial charge is 0.312 e. The third-order valence-corrected chi connectivity index (χ3v) is 2.21. The van der Waals surface area contributed by atoms with E-state index in [2.05, 4.69) is 20.8 Å². The lowest BCUT2D eigenvalue weighted by Gasteiger charge is -2.18. The van der Waals surface area contributed by atoms with E-state index in [0.717, 1.165) is 0 Å². The first kappa shape index (κ1) is 9.40. The van der Waals surface area contributed by atoms with Crippen molar-refractivity contribution in [3.05, 3.63) is 0 Å². The van der Waals surface area contributed by atoms with Gasteiger partial charge in [-0.25, -0.2) is 0 Å². The molecule has 1 fully saturated rings. The SMILES string of the molecule is CC(C)(C)COP1OCCO1. The summed E-state index contributed by atoms with van der Waals surface area (Å²) < 4.78 is 15.7. The van der Waals surface area contributed by atoms with Crippen LogP contribution in [0.1, 0.15) is 20.8 Å². The van der Waals surface area contributed by atoms with Crippen molar-refractivity contribution >= 4 is 8.60 Å². The fourth-order valence-corrected chi connectivity index (χ4v) is 1.75. The van der Waals surface area contributed by atoms with E-state index in [4.69, 9.17) is 13.6 Å². The molecule has 0 amide bonds. The van der Waals surface area contributed by atoms with Gasteiger partial charge in [0, 0.05) is 0 Å². The van der Waals surface area contributed by atoms with Crippen LogP contribution in [-0.4, -0.2) is 19.8 Å². The van der Waals surface area contributed by atoms with Crippen LogP contribution in [0.3, 0.4) is 0 Å². The molecule has 0 aromatic carbocycles. The third-order valence-electron chi connectivity index (χ3n) is 1.08. The van der Waals surface area contributed by atoms with Crippen LogP contribution in [0.4, 0.5) is 0 Å². The number of hydrogen-bond acceptors (Lipinski definition) is 3. The van der Waals surface area contributed by atoms with Gasteiger partial charge in [-0.05, 0) is 5.41 Å². The molecule has 11 heavy (non-hydrogen) atoms. The van der Waals surface area contributed by atoms with Crippen molar-refractivity contribution in [1.29, 1.82) is 0 Å². The van der Waals surface area contributed by atoms with Crippen LogP contribution >= 0.6 is 8.60 Å². The summed E-state index contributed by atoms with van der Waals surface area (Å²) in [6.07, 6.45) is 0. The molecule has 0 N–H and O–H groups in total. The van der Waals surface area contributed by atoms with Crippen LogP contribution in [0, 0.1) is 5.41 Å². The molecular formula is C7H15O3P. The summed E-state index contributed by atoms with van der Waals surface area (Å²) in [5.41, 5.74) is 0.192. The first-order valence-corrected chi connectivity index (χ1v) is 4.86. The molecular weight excluding hydrogens is 163 g/mol. The largest absolute Gasteiger partial charge is 0.332 e. The fourth-order valence-electron chi connectivity index (χ4n) is 0.582. The van der Waals surface area contributed by atoms with Crippen LogP contribution < -0.4 is 0 Å². The minimum atomic E-state index is -1.01. The van der Waals surface area contributed by atoms with Gasteiger partial charge in [-0.3, -0.25) is 0 Å². The van der Waals surface area contributed by atoms with Crippen LogP contribution in [0.25, 0.3) is 0 Å². The molecule has 0 bridgehead atoms. The van der Waals surface area contributed by atoms with Crippen molar-refractivity contribution < 1.29 is 13.6 Å². The third kappa shape index (κ3) is 4.02. The van der Waals surface area contributed by atoms with Crippen molar-refractivity contribution in [2.45, 2.75) is 20.8 Å². The molecule has 66 valence electrons. The topological polar surface area (TPSA) is 27.7 Å². The molecule has 0 saturated carbocycles. The molecule has 1 heterocycles. The first-order valence-electron chi connectivity index (χ1n) is 3.77. The van der Waals surface area contributed by atoms with Crippen molar-refractivity contribution in [3.63, 3.8) is 0 Å². The molecule has 1 aliphatic heterocycles. The molecule has 0 aromatic heterocycles. The van der Waals surface area contributed by atoms with Gasteiger partial charge in [0.25, 0.3) is 0 Å². The molecule has 0 unspecified atom stereocenters. The van der Waals surface area contributed by atoms with Gasteiger partial charge >= 0.3 is 8.60 Å². The summed E-state index contributed by atoms with van der Waals surface area (Å²) in [6, 6.07) is 0. The second kappa shape index (κ2) is 3.81. The van der Waals surface area contributed by atoms with Gasteiger partial charge < -0.3 is 13.6 Å². The van der Waals surface area contributed by atoms with Gasteiger partial charge in [-0.1, -0.05) is 20.8 Å². The molecule has 0 spiro atoms. The quantitative estimate of drug-likeness (QED) is 0.607. The predicted octanol–water partition coefficient (Wildman–Crippen LogP) is 2.32. The Labute approximate surface area is 69.0 Å². The van der Waals surface area contributed by atoms with E-state index in [1.54, 1.807) is 0 Å². The Morgan fingerprint density at radius 3 is 2.27 bits per heavy atom. The molecule has 1 aliphatic rings. The lowest BCUT2D eigenvalue weighted by atomic mass is 9.99. The fraction of sp³-hybridized carbons (Fsp3) is 1.00. The van der Waals surface area contributed by atoms with Gasteiger partial charge in [0.1, 0.15) is 0 Å². The summed E-state index contributed by atoms with van der Waals surface area (Å²) in [6.45, 7) is 8.42. The van der Waals surface area contributed by atoms with E-state index in [0.29, 0.717) is 19.8 Å². The van der Waals surface area contributed by atoms with Gasteiger partial charge in [-0.2, -0.15) is 0 Å². The minimum absolute atomic E-state index is 0.192. The second-order valence-electron chi connectivity index (χ2n) is 3.72. The van der Waals surface area contributed by atoms with Crippen molar-refractivity contribution in [1.82, 2.24) is 0 Å². The number of rotatable bonds is 2. The van der Waals surface area contributed by atoms with E-state index in [9.17, 15) is 0 Å². The van der Waals surface area contributed by atoms with E-state index >= 15 is 0 Å². The highest BCUT2D eigenvalue weighted by Gasteiger charge is 2.21. The Morgan fingerprint density at radius 1 is 1.27 bits per heavy atom. The average molecular weight is 178 g/mol. The molecule has 3 nitrogen and oxygen atoms in total. The minimum Gasteiger partial charge on any atom is -0.312 e. The molecule has 1 saturated heterocycles. The Bertz CT molecular complexity index is 115. The van der Waals surface area contributed by atoms with Crippen molar-refractivity contribution in [3.8, 4) is 0 Å². The summed E-state index contributed by atoms with van der Waals surface area (Å²) >= 11 is 0. The molecule has 0 aromatic rings. The van der Waals surface area contributed by atoms with Crippen LogP contribution in [0.5, 0.6) is 0 Å². The summed E-state index contributed by atoms with van der Waals surface area (Å²) in [7, 11) is -1.01. The highest BCUT2D eigenvalue weighted by atomic mass is 31.2. The summed E-state index contributed by atoms with van der Waals surface area (Å²) in [4.78, 5) is 0. The lowest BCUT2D eigenvalue weighted by molar-refractivity contribution is 0.169. The zero-order valence-corrected chi connectivity index (χ0v) is 8.19. The molecule has 0 aliphatic carbocycles. The highest BCUT2D eigenvalue weighted by molar-refractivity contribution is 7.41. The lowest BCUT2D eigenvalue weighted by Crippen LogP contribution is -2.12. The monoisotopic (exact) mass is 178 g/mol. The van der Waals surface area contributed by atoms with Gasteiger partial charge in [0.2, 0.25) is 0 Å². The van der Waals surface area contributed by atoms with Crippen LogP contribution in [-0.2, 0) is 13.6 Å². The molecule has 0 atom stereocenters. The van der Waals surface area contributed by atoms with E-state index in [-0.39, 0.29) is 5.41 Å². The van der Waals surface area contributed by atoms with Gasteiger partial charge in [-0.15, -0.1) is 0 Å². The van der Waals surface area contributed by atoms with Gasteiger partial charge in [0.05, 0.1) is 19.8 Å². The maximum atomic E-state index is 5.39. The second-order valence-corrected chi connectivity index (χ2v) is 4.95.